The fourth-order valence-corrected chi connectivity index (χ4v) is 3.63. The Bertz CT molecular complexity index is 1160. The number of aromatic nitrogens is 4. The minimum Gasteiger partial charge on any atom is -0.494 e. The Morgan fingerprint density at radius 1 is 1.13 bits per heavy atom. The molecular weight excluding hydrogens is 466 g/mol. The second-order valence-corrected chi connectivity index (χ2v) is 7.51. The van der Waals surface area contributed by atoms with Gasteiger partial charge in [0.25, 0.3) is 0 Å². The number of hydrogen-bond donors (Lipinski definition) is 1. The Labute approximate surface area is 186 Å². The zero-order valence-electron chi connectivity index (χ0n) is 16.7. The summed E-state index contributed by atoms with van der Waals surface area (Å²) in [4.78, 5) is 26.2. The molecule has 0 aliphatic carbocycles. The van der Waals surface area contributed by atoms with Crippen LogP contribution in [0.25, 0.3) is 0 Å². The van der Waals surface area contributed by atoms with E-state index >= 15 is 0 Å². The second kappa shape index (κ2) is 8.68. The number of anilines is 1. The molecule has 2 heterocycles. The molecular formula is C21H18BrN5O4. The van der Waals surface area contributed by atoms with Crippen LogP contribution in [0.4, 0.5) is 5.95 Å². The molecule has 10 heteroatoms. The molecule has 9 nitrogen and oxygen atoms in total. The number of nitrogens with zero attached hydrogens (tertiary/aromatic N) is 4. The summed E-state index contributed by atoms with van der Waals surface area (Å²) in [5.74, 6) is -0.118. The summed E-state index contributed by atoms with van der Waals surface area (Å²) in [6, 6.07) is 13.4. The Morgan fingerprint density at radius 3 is 2.48 bits per heavy atom. The molecule has 0 saturated carbocycles. The number of allylic oxidation sites excluding steroid dienone is 1. The summed E-state index contributed by atoms with van der Waals surface area (Å²) >= 11 is 3.37. The van der Waals surface area contributed by atoms with Gasteiger partial charge in [-0.05, 0) is 59.3 Å². The van der Waals surface area contributed by atoms with Gasteiger partial charge in [0.05, 0.1) is 19.3 Å². The van der Waals surface area contributed by atoms with Crippen molar-refractivity contribution in [3.8, 4) is 5.75 Å². The van der Waals surface area contributed by atoms with E-state index in [1.54, 1.807) is 36.4 Å². The van der Waals surface area contributed by atoms with Gasteiger partial charge in [-0.15, -0.1) is 0 Å². The molecule has 4 rings (SSSR count). The Kier molecular flexibility index (Phi) is 5.81. The van der Waals surface area contributed by atoms with Crippen LogP contribution in [0.15, 0.2) is 64.3 Å². The van der Waals surface area contributed by atoms with Crippen LogP contribution in [-0.4, -0.2) is 45.7 Å². The number of ketones is 1. The van der Waals surface area contributed by atoms with Gasteiger partial charge in [0, 0.05) is 10.0 Å². The van der Waals surface area contributed by atoms with E-state index in [4.69, 9.17) is 9.47 Å². The number of ether oxygens (including phenoxy) is 2. The number of rotatable bonds is 6. The molecule has 2 aromatic carbocycles. The first-order chi connectivity index (χ1) is 15.0. The number of fused-ring (bicyclic) bond motifs is 1. The first-order valence-corrected chi connectivity index (χ1v) is 10.2. The van der Waals surface area contributed by atoms with E-state index in [-0.39, 0.29) is 23.0 Å². The Hall–Kier alpha value is -3.53. The molecule has 1 N–H and O–H groups in total. The lowest BCUT2D eigenvalue weighted by Crippen LogP contribution is -2.32. The van der Waals surface area contributed by atoms with Crippen LogP contribution in [-0.2, 0) is 9.53 Å². The van der Waals surface area contributed by atoms with E-state index in [0.29, 0.717) is 23.5 Å². The number of benzene rings is 2. The first kappa shape index (κ1) is 20.7. The molecule has 0 spiro atoms. The molecule has 1 atom stereocenters. The van der Waals surface area contributed by atoms with E-state index in [1.807, 2.05) is 19.1 Å². The standard InChI is InChI=1S/C21H18BrN5O4/c1-3-31-15-10-6-12(7-11-15)18-16(19(28)13-4-8-14(22)9-5-13)17(20(29)30-2)23-21-24-25-26-27(18)21/h4-11,18H,3H2,1-2H3,(H,23,24,26)/t18-/m1/s1. The van der Waals surface area contributed by atoms with Crippen LogP contribution in [0, 0.1) is 0 Å². The van der Waals surface area contributed by atoms with Gasteiger partial charge in [-0.1, -0.05) is 33.2 Å². The van der Waals surface area contributed by atoms with E-state index in [0.717, 1.165) is 4.47 Å². The van der Waals surface area contributed by atoms with Crippen molar-refractivity contribution in [2.24, 2.45) is 0 Å². The van der Waals surface area contributed by atoms with Gasteiger partial charge in [0.15, 0.2) is 5.78 Å². The van der Waals surface area contributed by atoms with Crippen molar-refractivity contribution in [3.05, 3.63) is 75.4 Å². The van der Waals surface area contributed by atoms with Crippen LogP contribution in [0.2, 0.25) is 0 Å². The van der Waals surface area contributed by atoms with Gasteiger partial charge in [0.1, 0.15) is 17.5 Å². The maximum absolute atomic E-state index is 13.6. The molecule has 1 aliphatic rings. The predicted molar refractivity (Wildman–Crippen MR) is 115 cm³/mol. The molecule has 158 valence electrons. The van der Waals surface area contributed by atoms with E-state index in [1.165, 1.54) is 11.8 Å². The van der Waals surface area contributed by atoms with Crippen LogP contribution >= 0.6 is 15.9 Å². The van der Waals surface area contributed by atoms with Crippen molar-refractivity contribution < 1.29 is 19.1 Å². The molecule has 0 fully saturated rings. The molecule has 3 aromatic rings. The van der Waals surface area contributed by atoms with Crippen molar-refractivity contribution in [3.63, 3.8) is 0 Å². The summed E-state index contributed by atoms with van der Waals surface area (Å²) in [7, 11) is 1.25. The fraction of sp³-hybridized carbons (Fsp3) is 0.190. The average Bonchev–Trinajstić information content (AvgIpc) is 3.26. The first-order valence-electron chi connectivity index (χ1n) is 9.44. The number of esters is 1. The van der Waals surface area contributed by atoms with E-state index < -0.39 is 12.0 Å². The monoisotopic (exact) mass is 483 g/mol. The third kappa shape index (κ3) is 3.93. The lowest BCUT2D eigenvalue weighted by atomic mass is 9.89. The summed E-state index contributed by atoms with van der Waals surface area (Å²) in [5.41, 5.74) is 1.30. The van der Waals surface area contributed by atoms with Crippen molar-refractivity contribution in [2.45, 2.75) is 13.0 Å². The molecule has 31 heavy (non-hydrogen) atoms. The Morgan fingerprint density at radius 2 is 1.84 bits per heavy atom. The van der Waals surface area contributed by atoms with Gasteiger partial charge < -0.3 is 14.8 Å². The normalized spacial score (nSPS) is 15.1. The molecule has 1 aliphatic heterocycles. The zero-order chi connectivity index (χ0) is 22.0. The van der Waals surface area contributed by atoms with Crippen LogP contribution < -0.4 is 10.1 Å². The van der Waals surface area contributed by atoms with E-state index in [9.17, 15) is 9.59 Å². The fourth-order valence-electron chi connectivity index (χ4n) is 3.37. The summed E-state index contributed by atoms with van der Waals surface area (Å²) in [5, 5.41) is 14.5. The van der Waals surface area contributed by atoms with Crippen molar-refractivity contribution in [1.29, 1.82) is 0 Å². The smallest absolute Gasteiger partial charge is 0.355 e. The predicted octanol–water partition coefficient (Wildman–Crippen LogP) is 3.16. The summed E-state index contributed by atoms with van der Waals surface area (Å²) in [6.07, 6.45) is 0. The average molecular weight is 484 g/mol. The number of carbonyl (C=O) groups is 2. The highest BCUT2D eigenvalue weighted by Crippen LogP contribution is 2.37. The van der Waals surface area contributed by atoms with Crippen molar-refractivity contribution >= 4 is 33.6 Å². The van der Waals surface area contributed by atoms with Crippen molar-refractivity contribution in [2.75, 3.05) is 19.0 Å². The molecule has 0 unspecified atom stereocenters. The number of Topliss-reactive ketones (excluding diaryl/α,β-unsaturated/α-hetero) is 1. The topological polar surface area (TPSA) is 108 Å². The van der Waals surface area contributed by atoms with Crippen LogP contribution in [0.3, 0.4) is 0 Å². The lowest BCUT2D eigenvalue weighted by Gasteiger charge is -2.28. The molecule has 0 radical (unpaired) electrons. The number of halogens is 1. The SMILES string of the molecule is CCOc1ccc([C@@H]2C(C(=O)c3ccc(Br)cc3)=C(C(=O)OC)Nc3nnnn32)cc1. The van der Waals surface area contributed by atoms with Gasteiger partial charge >= 0.3 is 5.97 Å². The highest BCUT2D eigenvalue weighted by Gasteiger charge is 2.38. The highest BCUT2D eigenvalue weighted by atomic mass is 79.9. The van der Waals surface area contributed by atoms with Crippen molar-refractivity contribution in [1.82, 2.24) is 20.2 Å². The number of tetrazole rings is 1. The molecule has 0 saturated heterocycles. The molecule has 1 aromatic heterocycles. The van der Waals surface area contributed by atoms with E-state index in [2.05, 4.69) is 36.8 Å². The summed E-state index contributed by atoms with van der Waals surface area (Å²) < 4.78 is 12.8. The van der Waals surface area contributed by atoms with Gasteiger partial charge in [0.2, 0.25) is 5.95 Å². The largest absolute Gasteiger partial charge is 0.494 e. The van der Waals surface area contributed by atoms with Crippen LogP contribution in [0.1, 0.15) is 28.9 Å². The van der Waals surface area contributed by atoms with Crippen LogP contribution in [0.5, 0.6) is 5.75 Å². The Balaban J connectivity index is 1.89. The summed E-state index contributed by atoms with van der Waals surface area (Å²) in [6.45, 7) is 2.43. The minimum absolute atomic E-state index is 0.00314. The molecule has 0 amide bonds. The van der Waals surface area contributed by atoms with Gasteiger partial charge in [-0.25, -0.2) is 4.79 Å². The number of methoxy groups -OCH3 is 1. The third-order valence-corrected chi connectivity index (χ3v) is 5.29. The lowest BCUT2D eigenvalue weighted by molar-refractivity contribution is -0.136. The number of carbonyl (C=O) groups excluding carboxylic acids is 2. The zero-order valence-corrected chi connectivity index (χ0v) is 18.3. The molecule has 0 bridgehead atoms. The highest BCUT2D eigenvalue weighted by molar-refractivity contribution is 9.10. The quantitative estimate of drug-likeness (QED) is 0.420. The number of hydrogen-bond acceptors (Lipinski definition) is 8. The minimum atomic E-state index is -0.743. The maximum atomic E-state index is 13.6. The van der Waals surface area contributed by atoms with Gasteiger partial charge in [-0.3, -0.25) is 4.79 Å². The number of nitrogens with one attached hydrogen (secondary N) is 1. The third-order valence-electron chi connectivity index (χ3n) is 4.76. The maximum Gasteiger partial charge on any atom is 0.355 e. The van der Waals surface area contributed by atoms with Gasteiger partial charge in [-0.2, -0.15) is 4.68 Å². The second-order valence-electron chi connectivity index (χ2n) is 6.59.